The minimum absolute atomic E-state index is 0.122. The molecule has 1 amide bonds. The number of aromatic nitrogens is 1. The average molecular weight is 400 g/mol. The van der Waals surface area contributed by atoms with E-state index in [1.165, 1.54) is 11.0 Å². The summed E-state index contributed by atoms with van der Waals surface area (Å²) in [5, 5.41) is 5.93. The highest BCUT2D eigenvalue weighted by atomic mass is 32.2. The number of ether oxygens (including phenoxy) is 1. The zero-order valence-electron chi connectivity index (χ0n) is 16.6. The largest absolute Gasteiger partial charge is 0.491 e. The summed E-state index contributed by atoms with van der Waals surface area (Å²) < 4.78 is 5.79. The van der Waals surface area contributed by atoms with Crippen molar-refractivity contribution in [2.45, 2.75) is 30.4 Å². The van der Waals surface area contributed by atoms with E-state index in [0.717, 1.165) is 30.8 Å². The predicted octanol–water partition coefficient (Wildman–Crippen LogP) is 3.90. The summed E-state index contributed by atoms with van der Waals surface area (Å²) in [6, 6.07) is 14.2. The molecule has 0 aliphatic heterocycles. The Kier molecular flexibility index (Phi) is 10.2. The van der Waals surface area contributed by atoms with Gasteiger partial charge in [0.2, 0.25) is 5.91 Å². The number of hydrogen-bond acceptors (Lipinski definition) is 5. The maximum atomic E-state index is 12.0. The number of amides is 1. The second-order valence-electron chi connectivity index (χ2n) is 6.22. The fourth-order valence-electron chi connectivity index (χ4n) is 2.40. The number of nitrogens with one attached hydrogen (secondary N) is 2. The number of thioether (sulfide) groups is 1. The standard InChI is InChI=1S/C22H29N3O2S/c1-3-16-27-21-12-10-18(17-28-19-8-5-4-6-9-19)25-20(21)11-13-22(26)24-15-7-14-23-2/h4-6,8-13,23H,3,7,14-17H2,1-2H3,(H,24,26)/b13-11+. The Morgan fingerprint density at radius 2 is 2.00 bits per heavy atom. The minimum Gasteiger partial charge on any atom is -0.491 e. The number of benzene rings is 1. The summed E-state index contributed by atoms with van der Waals surface area (Å²) in [4.78, 5) is 17.9. The number of carbonyl (C=O) groups is 1. The van der Waals surface area contributed by atoms with Crippen LogP contribution in [0.25, 0.3) is 6.08 Å². The van der Waals surface area contributed by atoms with Crippen molar-refractivity contribution in [3.8, 4) is 5.75 Å². The molecule has 0 saturated heterocycles. The predicted molar refractivity (Wildman–Crippen MR) is 117 cm³/mol. The first kappa shape index (κ1) is 22.0. The maximum absolute atomic E-state index is 12.0. The third kappa shape index (κ3) is 8.15. The van der Waals surface area contributed by atoms with Gasteiger partial charge in [0.15, 0.2) is 0 Å². The highest BCUT2D eigenvalue weighted by molar-refractivity contribution is 7.98. The summed E-state index contributed by atoms with van der Waals surface area (Å²) in [5.74, 6) is 1.34. The van der Waals surface area contributed by atoms with Crippen molar-refractivity contribution in [1.29, 1.82) is 0 Å². The molecule has 0 saturated carbocycles. The first-order chi connectivity index (χ1) is 13.7. The summed E-state index contributed by atoms with van der Waals surface area (Å²) in [7, 11) is 1.90. The van der Waals surface area contributed by atoms with E-state index in [0.29, 0.717) is 24.6 Å². The molecule has 0 unspecified atom stereocenters. The summed E-state index contributed by atoms with van der Waals surface area (Å²) in [5.41, 5.74) is 1.64. The van der Waals surface area contributed by atoms with Gasteiger partial charge >= 0.3 is 0 Å². The van der Waals surface area contributed by atoms with E-state index in [4.69, 9.17) is 9.72 Å². The van der Waals surface area contributed by atoms with Crippen LogP contribution in [-0.2, 0) is 10.5 Å². The van der Waals surface area contributed by atoms with Crippen molar-refractivity contribution in [3.63, 3.8) is 0 Å². The van der Waals surface area contributed by atoms with E-state index in [-0.39, 0.29) is 5.91 Å². The summed E-state index contributed by atoms with van der Waals surface area (Å²) >= 11 is 1.73. The highest BCUT2D eigenvalue weighted by Crippen LogP contribution is 2.24. The van der Waals surface area contributed by atoms with Crippen LogP contribution >= 0.6 is 11.8 Å². The van der Waals surface area contributed by atoms with Gasteiger partial charge in [-0.15, -0.1) is 11.8 Å². The van der Waals surface area contributed by atoms with Gasteiger partial charge in [-0.05, 0) is 56.8 Å². The van der Waals surface area contributed by atoms with Crippen LogP contribution in [0.3, 0.4) is 0 Å². The number of hydrogen-bond donors (Lipinski definition) is 2. The van der Waals surface area contributed by atoms with Gasteiger partial charge in [-0.1, -0.05) is 25.1 Å². The molecule has 2 N–H and O–H groups in total. The quantitative estimate of drug-likeness (QED) is 0.322. The van der Waals surface area contributed by atoms with Gasteiger partial charge < -0.3 is 15.4 Å². The molecule has 0 aliphatic carbocycles. The number of rotatable bonds is 12. The molecular formula is C22H29N3O2S. The van der Waals surface area contributed by atoms with Crippen LogP contribution in [0.2, 0.25) is 0 Å². The van der Waals surface area contributed by atoms with Crippen LogP contribution in [0, 0.1) is 0 Å². The SMILES string of the molecule is CCCOc1ccc(CSc2ccccc2)nc1/C=C/C(=O)NCCCNC. The third-order valence-corrected chi connectivity index (χ3v) is 4.88. The molecule has 1 heterocycles. The van der Waals surface area contributed by atoms with Gasteiger partial charge in [-0.2, -0.15) is 0 Å². The molecule has 0 atom stereocenters. The second kappa shape index (κ2) is 13.0. The molecule has 0 aliphatic rings. The molecule has 6 heteroatoms. The Hall–Kier alpha value is -2.31. The molecule has 1 aromatic heterocycles. The molecule has 0 bridgehead atoms. The van der Waals surface area contributed by atoms with Crippen molar-refractivity contribution >= 4 is 23.7 Å². The smallest absolute Gasteiger partial charge is 0.244 e. The van der Waals surface area contributed by atoms with E-state index in [1.54, 1.807) is 17.8 Å². The molecular weight excluding hydrogens is 370 g/mol. The minimum atomic E-state index is -0.122. The lowest BCUT2D eigenvalue weighted by Gasteiger charge is -2.10. The second-order valence-corrected chi connectivity index (χ2v) is 7.27. The molecule has 0 fully saturated rings. The fourth-order valence-corrected chi connectivity index (χ4v) is 3.23. The Morgan fingerprint density at radius 3 is 2.75 bits per heavy atom. The fraction of sp³-hybridized carbons (Fsp3) is 0.364. The monoisotopic (exact) mass is 399 g/mol. The molecule has 150 valence electrons. The third-order valence-electron chi connectivity index (χ3n) is 3.83. The lowest BCUT2D eigenvalue weighted by Crippen LogP contribution is -2.24. The van der Waals surface area contributed by atoms with E-state index in [9.17, 15) is 4.79 Å². The normalized spacial score (nSPS) is 10.9. The molecule has 2 rings (SSSR count). The topological polar surface area (TPSA) is 63.2 Å². The van der Waals surface area contributed by atoms with Crippen LogP contribution in [0.5, 0.6) is 5.75 Å². The maximum Gasteiger partial charge on any atom is 0.244 e. The average Bonchev–Trinajstić information content (AvgIpc) is 2.73. The Morgan fingerprint density at radius 1 is 1.18 bits per heavy atom. The van der Waals surface area contributed by atoms with E-state index >= 15 is 0 Å². The zero-order valence-corrected chi connectivity index (χ0v) is 17.4. The van der Waals surface area contributed by atoms with Gasteiger partial charge in [0.1, 0.15) is 11.4 Å². The van der Waals surface area contributed by atoms with Crippen molar-refractivity contribution in [2.75, 3.05) is 26.7 Å². The van der Waals surface area contributed by atoms with Crippen LogP contribution in [0.1, 0.15) is 31.2 Å². The highest BCUT2D eigenvalue weighted by Gasteiger charge is 2.06. The summed E-state index contributed by atoms with van der Waals surface area (Å²) in [6.45, 7) is 4.20. The van der Waals surface area contributed by atoms with Crippen molar-refractivity contribution in [2.24, 2.45) is 0 Å². The van der Waals surface area contributed by atoms with E-state index < -0.39 is 0 Å². The molecule has 0 spiro atoms. The molecule has 5 nitrogen and oxygen atoms in total. The van der Waals surface area contributed by atoms with E-state index in [1.807, 2.05) is 37.4 Å². The number of pyridine rings is 1. The molecule has 2 aromatic rings. The molecule has 1 aromatic carbocycles. The number of nitrogens with zero attached hydrogens (tertiary/aromatic N) is 1. The van der Waals surface area contributed by atoms with Crippen LogP contribution < -0.4 is 15.4 Å². The van der Waals surface area contributed by atoms with Gasteiger partial charge in [-0.3, -0.25) is 4.79 Å². The van der Waals surface area contributed by atoms with Gasteiger partial charge in [0, 0.05) is 23.3 Å². The lowest BCUT2D eigenvalue weighted by molar-refractivity contribution is -0.116. The molecule has 28 heavy (non-hydrogen) atoms. The Balaban J connectivity index is 2.03. The first-order valence-electron chi connectivity index (χ1n) is 9.64. The van der Waals surface area contributed by atoms with Crippen molar-refractivity contribution in [1.82, 2.24) is 15.6 Å². The van der Waals surface area contributed by atoms with Crippen LogP contribution in [0.4, 0.5) is 0 Å². The van der Waals surface area contributed by atoms with Crippen LogP contribution in [0.15, 0.2) is 53.4 Å². The van der Waals surface area contributed by atoms with E-state index in [2.05, 4.69) is 29.7 Å². The zero-order chi connectivity index (χ0) is 20.0. The van der Waals surface area contributed by atoms with Crippen LogP contribution in [-0.4, -0.2) is 37.6 Å². The van der Waals surface area contributed by atoms with Crippen molar-refractivity contribution < 1.29 is 9.53 Å². The Labute approximate surface area is 172 Å². The first-order valence-corrected chi connectivity index (χ1v) is 10.6. The number of carbonyl (C=O) groups excluding carboxylic acids is 1. The van der Waals surface area contributed by atoms with Gasteiger partial charge in [0.25, 0.3) is 0 Å². The lowest BCUT2D eigenvalue weighted by atomic mass is 10.2. The summed E-state index contributed by atoms with van der Waals surface area (Å²) in [6.07, 6.45) is 5.07. The van der Waals surface area contributed by atoms with Gasteiger partial charge in [0.05, 0.1) is 12.3 Å². The molecule has 0 radical (unpaired) electrons. The Bertz CT molecular complexity index is 751. The van der Waals surface area contributed by atoms with Gasteiger partial charge in [-0.25, -0.2) is 4.98 Å². The van der Waals surface area contributed by atoms with Crippen molar-refractivity contribution in [3.05, 3.63) is 59.9 Å².